The van der Waals surface area contributed by atoms with Crippen LogP contribution >= 0.6 is 0 Å². The monoisotopic (exact) mass is 600 g/mol. The zero-order chi connectivity index (χ0) is 32.2. The largest absolute Gasteiger partial charge is 0.490 e. The summed E-state index contributed by atoms with van der Waals surface area (Å²) < 4.78 is 16.0. The highest BCUT2D eigenvalue weighted by Gasteiger charge is 2.46. The second kappa shape index (κ2) is 20.0. The smallest absolute Gasteiger partial charge is 0.373 e. The molecule has 0 saturated heterocycles. The first-order valence-electron chi connectivity index (χ1n) is 15.6. The zero-order valence-electron chi connectivity index (χ0n) is 26.9. The minimum Gasteiger partial charge on any atom is -0.490 e. The molecule has 0 spiro atoms. The third kappa shape index (κ3) is 10.9. The number of carbonyl (C=O) groups excluding carboxylic acids is 3. The van der Waals surface area contributed by atoms with E-state index in [1.54, 1.807) is 54.6 Å². The number of rotatable bonds is 17. The quantitative estimate of drug-likeness (QED) is 0.0507. The van der Waals surface area contributed by atoms with Crippen LogP contribution in [-0.2, 0) is 19.0 Å². The summed E-state index contributed by atoms with van der Waals surface area (Å²) in [6.07, 6.45) is 8.10. The van der Waals surface area contributed by atoms with E-state index in [1.807, 2.05) is 49.4 Å². The number of esters is 1. The fraction of sp³-hybridized carbons (Fsp3) is 0.395. The Kier molecular flexibility index (Phi) is 16.5. The molecule has 0 aliphatic carbocycles. The predicted octanol–water partition coefficient (Wildman–Crippen LogP) is 8.76. The molecule has 0 radical (unpaired) electrons. The van der Waals surface area contributed by atoms with E-state index in [0.717, 1.165) is 31.2 Å². The van der Waals surface area contributed by atoms with Gasteiger partial charge < -0.3 is 14.2 Å². The highest BCUT2D eigenvalue weighted by Crippen LogP contribution is 2.28. The van der Waals surface area contributed by atoms with E-state index in [2.05, 4.69) is 13.8 Å². The van der Waals surface area contributed by atoms with Crippen LogP contribution in [0.5, 0.6) is 0 Å². The van der Waals surface area contributed by atoms with Crippen LogP contribution in [0.4, 0.5) is 0 Å². The SMILES string of the molecule is CCCC(CC)CCOC(=O)C(=Cc1ccccc1)OC.CCCCC(OC)(C(=O)c1ccccc1)C(=O)c1ccccc1. The average Bonchev–Trinajstić information content (AvgIpc) is 3.08. The van der Waals surface area contributed by atoms with Gasteiger partial charge in [0.25, 0.3) is 0 Å². The Labute approximate surface area is 263 Å². The first-order chi connectivity index (χ1) is 21.4. The summed E-state index contributed by atoms with van der Waals surface area (Å²) in [5.41, 5.74) is 0.451. The van der Waals surface area contributed by atoms with Crippen LogP contribution in [0, 0.1) is 5.92 Å². The second-order valence-corrected chi connectivity index (χ2v) is 10.6. The summed E-state index contributed by atoms with van der Waals surface area (Å²) in [6.45, 7) is 6.84. The van der Waals surface area contributed by atoms with Crippen molar-refractivity contribution >= 4 is 23.6 Å². The third-order valence-corrected chi connectivity index (χ3v) is 7.59. The van der Waals surface area contributed by atoms with Crippen molar-refractivity contribution in [3.05, 3.63) is 113 Å². The van der Waals surface area contributed by atoms with Gasteiger partial charge in [-0.25, -0.2) is 4.79 Å². The maximum absolute atomic E-state index is 13.1. The van der Waals surface area contributed by atoms with Gasteiger partial charge in [-0.2, -0.15) is 0 Å². The van der Waals surface area contributed by atoms with Gasteiger partial charge in [0.05, 0.1) is 13.7 Å². The lowest BCUT2D eigenvalue weighted by Crippen LogP contribution is -2.48. The van der Waals surface area contributed by atoms with Crippen molar-refractivity contribution in [2.75, 3.05) is 20.8 Å². The molecule has 236 valence electrons. The Hall–Kier alpha value is -4.03. The second-order valence-electron chi connectivity index (χ2n) is 10.6. The Bertz CT molecular complexity index is 1230. The highest BCUT2D eigenvalue weighted by atomic mass is 16.6. The maximum Gasteiger partial charge on any atom is 0.373 e. The molecule has 0 saturated carbocycles. The number of Topliss-reactive ketones (excluding diaryl/α,β-unsaturated/α-hetero) is 2. The number of carbonyl (C=O) groups is 3. The highest BCUT2D eigenvalue weighted by molar-refractivity contribution is 6.22. The molecule has 0 aliphatic rings. The van der Waals surface area contributed by atoms with E-state index in [4.69, 9.17) is 14.2 Å². The molecule has 6 nitrogen and oxygen atoms in total. The van der Waals surface area contributed by atoms with E-state index < -0.39 is 11.6 Å². The number of methoxy groups -OCH3 is 2. The topological polar surface area (TPSA) is 78.9 Å². The normalized spacial score (nSPS) is 12.0. The van der Waals surface area contributed by atoms with Crippen molar-refractivity contribution in [1.29, 1.82) is 0 Å². The summed E-state index contributed by atoms with van der Waals surface area (Å²) in [6, 6.07) is 27.3. The molecular formula is C38H48O6. The summed E-state index contributed by atoms with van der Waals surface area (Å²) in [4.78, 5) is 38.1. The van der Waals surface area contributed by atoms with Crippen LogP contribution in [0.3, 0.4) is 0 Å². The van der Waals surface area contributed by atoms with Gasteiger partial charge in [0.1, 0.15) is 0 Å². The van der Waals surface area contributed by atoms with E-state index >= 15 is 0 Å². The van der Waals surface area contributed by atoms with E-state index in [0.29, 0.717) is 30.1 Å². The van der Waals surface area contributed by atoms with Crippen molar-refractivity contribution in [1.82, 2.24) is 0 Å². The van der Waals surface area contributed by atoms with Crippen LogP contribution in [0.2, 0.25) is 0 Å². The van der Waals surface area contributed by atoms with Gasteiger partial charge in [-0.1, -0.05) is 137 Å². The van der Waals surface area contributed by atoms with Gasteiger partial charge in [0.15, 0.2) is 5.60 Å². The zero-order valence-corrected chi connectivity index (χ0v) is 26.9. The first-order valence-corrected chi connectivity index (χ1v) is 15.6. The van der Waals surface area contributed by atoms with Crippen LogP contribution in [0.25, 0.3) is 6.08 Å². The van der Waals surface area contributed by atoms with Gasteiger partial charge in [-0.3, -0.25) is 9.59 Å². The molecule has 6 heteroatoms. The lowest BCUT2D eigenvalue weighted by atomic mass is 9.81. The van der Waals surface area contributed by atoms with Crippen LogP contribution in [0.15, 0.2) is 96.8 Å². The Morgan fingerprint density at radius 2 is 1.25 bits per heavy atom. The minimum atomic E-state index is -1.46. The lowest BCUT2D eigenvalue weighted by Gasteiger charge is -2.29. The van der Waals surface area contributed by atoms with Crippen molar-refractivity contribution in [2.24, 2.45) is 5.92 Å². The Morgan fingerprint density at radius 3 is 1.68 bits per heavy atom. The van der Waals surface area contributed by atoms with Gasteiger partial charge >= 0.3 is 5.97 Å². The molecule has 0 bridgehead atoms. The molecule has 3 aromatic carbocycles. The summed E-state index contributed by atoms with van der Waals surface area (Å²) >= 11 is 0. The van der Waals surface area contributed by atoms with Gasteiger partial charge in [-0.15, -0.1) is 0 Å². The first kappa shape index (κ1) is 36.2. The summed E-state index contributed by atoms with van der Waals surface area (Å²) in [5, 5.41) is 0. The molecule has 44 heavy (non-hydrogen) atoms. The average molecular weight is 601 g/mol. The molecule has 0 heterocycles. The summed E-state index contributed by atoms with van der Waals surface area (Å²) in [5.74, 6) is -0.0739. The molecular weight excluding hydrogens is 552 g/mol. The number of benzene rings is 3. The van der Waals surface area contributed by atoms with Crippen molar-refractivity contribution in [2.45, 2.75) is 71.3 Å². The molecule has 1 unspecified atom stereocenters. The third-order valence-electron chi connectivity index (χ3n) is 7.59. The number of hydrogen-bond acceptors (Lipinski definition) is 6. The predicted molar refractivity (Wildman–Crippen MR) is 177 cm³/mol. The molecule has 0 N–H and O–H groups in total. The lowest BCUT2D eigenvalue weighted by molar-refractivity contribution is -0.142. The van der Waals surface area contributed by atoms with Crippen LogP contribution < -0.4 is 0 Å². The number of unbranched alkanes of at least 4 members (excludes halogenated alkanes) is 1. The molecule has 3 aromatic rings. The molecule has 3 rings (SSSR count). The molecule has 0 amide bonds. The Morgan fingerprint density at radius 1 is 0.727 bits per heavy atom. The van der Waals surface area contributed by atoms with Crippen molar-refractivity contribution < 1.29 is 28.6 Å². The fourth-order valence-corrected chi connectivity index (χ4v) is 4.94. The van der Waals surface area contributed by atoms with Gasteiger partial charge in [0.2, 0.25) is 17.3 Å². The standard InChI is InChI=1S/C20H22O3.C18H26O3/c1-3-4-15-20(23-2,18(21)16-11-7-5-8-12-16)19(22)17-13-9-6-10-14-17;1-4-9-15(5-2)12-13-21-18(19)17(20-3)14-16-10-7-6-8-11-16/h5-14H,3-4,15H2,1-2H3;6-8,10-11,14-15H,4-5,9,12-13H2,1-3H3. The van der Waals surface area contributed by atoms with Crippen LogP contribution in [0.1, 0.15) is 92.0 Å². The van der Waals surface area contributed by atoms with Crippen molar-refractivity contribution in [3.8, 4) is 0 Å². The van der Waals surface area contributed by atoms with Gasteiger partial charge in [-0.05, 0) is 36.8 Å². The molecule has 0 aromatic heterocycles. The molecule has 0 fully saturated rings. The number of hydrogen-bond donors (Lipinski definition) is 0. The van der Waals surface area contributed by atoms with E-state index in [1.165, 1.54) is 27.1 Å². The van der Waals surface area contributed by atoms with E-state index in [9.17, 15) is 14.4 Å². The van der Waals surface area contributed by atoms with E-state index in [-0.39, 0.29) is 17.3 Å². The van der Waals surface area contributed by atoms with Crippen LogP contribution in [-0.4, -0.2) is 44.0 Å². The maximum atomic E-state index is 13.1. The minimum absolute atomic E-state index is 0.240. The Balaban J connectivity index is 0.000000308. The molecule has 0 aliphatic heterocycles. The molecule has 1 atom stereocenters. The summed E-state index contributed by atoms with van der Waals surface area (Å²) in [7, 11) is 2.93. The number of ketones is 2. The van der Waals surface area contributed by atoms with Crippen molar-refractivity contribution in [3.63, 3.8) is 0 Å². The fourth-order valence-electron chi connectivity index (χ4n) is 4.94. The number of ether oxygens (including phenoxy) is 3. The van der Waals surface area contributed by atoms with Gasteiger partial charge in [0, 0.05) is 18.2 Å².